The summed E-state index contributed by atoms with van der Waals surface area (Å²) in [4.78, 5) is 37.6. The number of hydrogen-bond acceptors (Lipinski definition) is 8. The predicted molar refractivity (Wildman–Crippen MR) is 155 cm³/mol. The van der Waals surface area contributed by atoms with E-state index in [1.54, 1.807) is 45.0 Å². The van der Waals surface area contributed by atoms with Crippen LogP contribution in [-0.4, -0.2) is 56.0 Å². The number of guanidine groups is 1. The number of ketones is 1. The molecule has 1 unspecified atom stereocenters. The van der Waals surface area contributed by atoms with E-state index in [1.165, 1.54) is 0 Å². The Hall–Kier alpha value is -2.99. The number of benzene rings is 1. The minimum atomic E-state index is -4.01. The first-order valence-electron chi connectivity index (χ1n) is 14.1. The number of fused-ring (bicyclic) bond motifs is 2. The molecular formula is C29H44N4O7S. The molecule has 3 atom stereocenters. The first-order valence-corrected chi connectivity index (χ1v) is 15.7. The topological polar surface area (TPSA) is 178 Å². The summed E-state index contributed by atoms with van der Waals surface area (Å²) in [6.07, 6.45) is 3.25. The van der Waals surface area contributed by atoms with E-state index in [0.29, 0.717) is 43.6 Å². The van der Waals surface area contributed by atoms with Gasteiger partial charge in [0.2, 0.25) is 15.9 Å². The van der Waals surface area contributed by atoms with Crippen LogP contribution >= 0.6 is 0 Å². The van der Waals surface area contributed by atoms with Gasteiger partial charge in [-0.2, -0.15) is 0 Å². The number of carbonyl (C=O) groups is 3. The average Bonchev–Trinajstić information content (AvgIpc) is 3.17. The number of rotatable bonds is 13. The Labute approximate surface area is 242 Å². The summed E-state index contributed by atoms with van der Waals surface area (Å²) >= 11 is 0. The second-order valence-corrected chi connectivity index (χ2v) is 14.5. The van der Waals surface area contributed by atoms with Crippen molar-refractivity contribution in [3.8, 4) is 5.75 Å². The molecule has 228 valence electrons. The van der Waals surface area contributed by atoms with Crippen molar-refractivity contribution in [3.05, 3.63) is 29.8 Å². The van der Waals surface area contributed by atoms with E-state index in [4.69, 9.17) is 20.6 Å². The van der Waals surface area contributed by atoms with Crippen LogP contribution in [0.25, 0.3) is 0 Å². The third-order valence-electron chi connectivity index (χ3n) is 8.29. The van der Waals surface area contributed by atoms with E-state index in [9.17, 15) is 22.8 Å². The molecule has 0 spiro atoms. The van der Waals surface area contributed by atoms with Crippen LogP contribution in [0.4, 0.5) is 0 Å². The lowest BCUT2D eigenvalue weighted by molar-refractivity contribution is -0.156. The van der Waals surface area contributed by atoms with Gasteiger partial charge >= 0.3 is 5.97 Å². The fraction of sp³-hybridized carbons (Fsp3) is 0.655. The van der Waals surface area contributed by atoms with Crippen molar-refractivity contribution in [2.24, 2.45) is 22.5 Å². The number of Topliss-reactive ketones (excluding diaryl/α,β-unsaturated/α-hetero) is 1. The normalized spacial score (nSPS) is 22.3. The summed E-state index contributed by atoms with van der Waals surface area (Å²) in [5.41, 5.74) is 3.65. The molecule has 0 heterocycles. The Kier molecular flexibility index (Phi) is 9.90. The third kappa shape index (κ3) is 8.28. The molecular weight excluding hydrogens is 548 g/mol. The second kappa shape index (κ2) is 12.5. The lowest BCUT2D eigenvalue weighted by Gasteiger charge is -2.36. The highest BCUT2D eigenvalue weighted by Gasteiger charge is 2.65. The molecule has 11 nitrogen and oxygen atoms in total. The first kappa shape index (κ1) is 32.5. The van der Waals surface area contributed by atoms with Crippen molar-refractivity contribution >= 4 is 33.6 Å². The van der Waals surface area contributed by atoms with Gasteiger partial charge in [-0.3, -0.25) is 25.1 Å². The lowest BCUT2D eigenvalue weighted by Crippen LogP contribution is -2.50. The Morgan fingerprint density at radius 2 is 1.83 bits per heavy atom. The molecule has 2 saturated carbocycles. The van der Waals surface area contributed by atoms with Crippen LogP contribution in [0, 0.1) is 22.2 Å². The molecule has 1 aromatic rings. The third-order valence-corrected chi connectivity index (χ3v) is 9.81. The molecule has 2 aliphatic carbocycles. The van der Waals surface area contributed by atoms with Crippen molar-refractivity contribution in [2.75, 3.05) is 12.4 Å². The van der Waals surface area contributed by atoms with Gasteiger partial charge in [0.05, 0.1) is 12.4 Å². The zero-order chi connectivity index (χ0) is 30.6. The number of ether oxygens (including phenoxy) is 2. The minimum Gasteiger partial charge on any atom is -0.494 e. The Morgan fingerprint density at radius 1 is 1.17 bits per heavy atom. The van der Waals surface area contributed by atoms with Gasteiger partial charge in [-0.15, -0.1) is 0 Å². The van der Waals surface area contributed by atoms with Gasteiger partial charge in [-0.25, -0.2) is 13.1 Å². The number of carbonyl (C=O) groups excluding carboxylic acids is 3. The number of amides is 1. The molecule has 0 aromatic heterocycles. The first-order chi connectivity index (χ1) is 18.9. The average molecular weight is 593 g/mol. The molecule has 12 heteroatoms. The van der Waals surface area contributed by atoms with Crippen LogP contribution in [0.5, 0.6) is 5.75 Å². The highest BCUT2D eigenvalue weighted by atomic mass is 32.2. The molecule has 0 radical (unpaired) electrons. The fourth-order valence-electron chi connectivity index (χ4n) is 5.98. The molecule has 0 saturated heterocycles. The number of nitrogens with two attached hydrogens (primary N) is 1. The van der Waals surface area contributed by atoms with Crippen LogP contribution in [-0.2, 0) is 35.6 Å². The van der Waals surface area contributed by atoms with Gasteiger partial charge in [-0.1, -0.05) is 26.0 Å². The quantitative estimate of drug-likeness (QED) is 0.117. The number of hydrogen-bond donors (Lipinski definition) is 4. The maximum Gasteiger partial charge on any atom is 0.325 e. The lowest BCUT2D eigenvalue weighted by atomic mass is 9.70. The summed E-state index contributed by atoms with van der Waals surface area (Å²) in [7, 11) is -4.01. The monoisotopic (exact) mass is 592 g/mol. The SMILES string of the molecule is CC(C)(C)OC(=O)[C@H](Cc1ccc(OCCCCC(=O)NC(=N)N)cc1)NS(=O)(=O)C[C@]12CCC(CC1=O)C2(C)C. The molecule has 41 heavy (non-hydrogen) atoms. The van der Waals surface area contributed by atoms with Gasteiger partial charge in [0.1, 0.15) is 23.2 Å². The summed E-state index contributed by atoms with van der Waals surface area (Å²) in [5.74, 6) is -0.964. The summed E-state index contributed by atoms with van der Waals surface area (Å²) in [5, 5.41) is 9.28. The Balaban J connectivity index is 1.64. The van der Waals surface area contributed by atoms with Gasteiger partial charge in [-0.05, 0) is 81.9 Å². The molecule has 2 bridgehead atoms. The molecule has 1 amide bonds. The number of nitrogens with one attached hydrogen (secondary N) is 3. The Bertz CT molecular complexity index is 1250. The van der Waals surface area contributed by atoms with Gasteiger partial charge in [0.25, 0.3) is 0 Å². The van der Waals surface area contributed by atoms with Crippen molar-refractivity contribution in [3.63, 3.8) is 0 Å². The van der Waals surface area contributed by atoms with Gasteiger partial charge in [0, 0.05) is 18.3 Å². The van der Waals surface area contributed by atoms with Gasteiger partial charge in [0.15, 0.2) is 5.96 Å². The van der Waals surface area contributed by atoms with Crippen molar-refractivity contribution in [1.82, 2.24) is 10.0 Å². The van der Waals surface area contributed by atoms with Crippen LogP contribution in [0.3, 0.4) is 0 Å². The smallest absolute Gasteiger partial charge is 0.325 e. The van der Waals surface area contributed by atoms with Crippen molar-refractivity contribution < 1.29 is 32.3 Å². The molecule has 3 rings (SSSR count). The highest BCUT2D eigenvalue weighted by molar-refractivity contribution is 7.89. The molecule has 2 aliphatic rings. The maximum atomic E-state index is 13.5. The van der Waals surface area contributed by atoms with E-state index in [2.05, 4.69) is 10.0 Å². The summed E-state index contributed by atoms with van der Waals surface area (Å²) < 4.78 is 40.8. The summed E-state index contributed by atoms with van der Waals surface area (Å²) in [6, 6.07) is 5.81. The standard InChI is InChI=1S/C29H44N4O7S/c1-27(2,3)40-25(36)22(33-41(37,38)18-29-14-13-20(17-23(29)34)28(29,4)5)16-19-9-11-21(12-10-19)39-15-7-6-8-24(35)32-26(30)31/h9-12,20,22,33H,6-8,13-18H2,1-5H3,(H4,30,31,32,35)/t20?,22-,29+/m0/s1. The zero-order valence-electron chi connectivity index (χ0n) is 24.7. The van der Waals surface area contributed by atoms with E-state index in [1.807, 2.05) is 13.8 Å². The number of sulfonamides is 1. The number of unbranched alkanes of at least 4 members (excludes halogenated alkanes) is 1. The van der Waals surface area contributed by atoms with E-state index in [-0.39, 0.29) is 42.2 Å². The largest absolute Gasteiger partial charge is 0.494 e. The van der Waals surface area contributed by atoms with Crippen molar-refractivity contribution in [1.29, 1.82) is 5.41 Å². The maximum absolute atomic E-state index is 13.5. The number of esters is 1. The van der Waals surface area contributed by atoms with Crippen LogP contribution in [0.15, 0.2) is 24.3 Å². The second-order valence-electron chi connectivity index (χ2n) is 12.7. The molecule has 1 aromatic carbocycles. The molecule has 0 aliphatic heterocycles. The van der Waals surface area contributed by atoms with Gasteiger partial charge < -0.3 is 15.2 Å². The predicted octanol–water partition coefficient (Wildman–Crippen LogP) is 2.81. The molecule has 5 N–H and O–H groups in total. The van der Waals surface area contributed by atoms with E-state index < -0.39 is 38.5 Å². The Morgan fingerprint density at radius 3 is 2.37 bits per heavy atom. The fourth-order valence-corrected chi connectivity index (χ4v) is 8.01. The van der Waals surface area contributed by atoms with Crippen LogP contribution in [0.2, 0.25) is 0 Å². The van der Waals surface area contributed by atoms with Crippen LogP contribution in [0.1, 0.15) is 78.7 Å². The van der Waals surface area contributed by atoms with Crippen LogP contribution < -0.4 is 20.5 Å². The van der Waals surface area contributed by atoms with E-state index >= 15 is 0 Å². The highest BCUT2D eigenvalue weighted by Crippen LogP contribution is 2.64. The summed E-state index contributed by atoms with van der Waals surface area (Å²) in [6.45, 7) is 9.49. The molecule has 2 fully saturated rings. The zero-order valence-corrected chi connectivity index (χ0v) is 25.5. The minimum absolute atomic E-state index is 0.00661. The van der Waals surface area contributed by atoms with Crippen molar-refractivity contribution in [2.45, 2.75) is 91.2 Å². The van der Waals surface area contributed by atoms with E-state index in [0.717, 1.165) is 6.42 Å².